The molecule has 3 aromatic rings. The lowest BCUT2D eigenvalue weighted by atomic mass is 10.1. The molecule has 0 amide bonds. The predicted molar refractivity (Wildman–Crippen MR) is 86.3 cm³/mol. The van der Waals surface area contributed by atoms with E-state index in [-0.39, 0.29) is 26.4 Å². The van der Waals surface area contributed by atoms with Crippen LogP contribution in [0.3, 0.4) is 0 Å². The molecule has 0 aliphatic carbocycles. The molecule has 0 spiro atoms. The van der Waals surface area contributed by atoms with Gasteiger partial charge in [0.25, 0.3) is 0 Å². The second-order valence-electron chi connectivity index (χ2n) is 5.72. The first-order valence-corrected chi connectivity index (χ1v) is 7.80. The molecule has 0 radical (unpaired) electrons. The van der Waals surface area contributed by atoms with Crippen LogP contribution in [0.2, 0.25) is 0 Å². The molecule has 25 heavy (non-hydrogen) atoms. The number of hydrogen-bond donors (Lipinski definition) is 1. The summed E-state index contributed by atoms with van der Waals surface area (Å²) in [6.45, 7) is 0.304. The van der Waals surface area contributed by atoms with Gasteiger partial charge in [-0.15, -0.1) is 0 Å². The first-order chi connectivity index (χ1) is 12.2. The fourth-order valence-corrected chi connectivity index (χ4v) is 2.87. The number of nitrogens with one attached hydrogen (secondary N) is 1. The number of carbonyl (C=O) groups excluding carboxylic acids is 1. The van der Waals surface area contributed by atoms with Gasteiger partial charge in [0.2, 0.25) is 0 Å². The Morgan fingerprint density at radius 1 is 1.32 bits per heavy atom. The molecule has 1 aliphatic heterocycles. The Balaban J connectivity index is 1.46. The molecule has 0 saturated heterocycles. The van der Waals surface area contributed by atoms with Crippen molar-refractivity contribution in [2.75, 3.05) is 6.79 Å². The third-order valence-corrected chi connectivity index (χ3v) is 4.00. The SMILES string of the molecule is O=C(Cc1[nH]nc2ccccc12)OCc1cc(F)cc2c1OCOC2. The molecular weight excluding hydrogens is 327 g/mol. The van der Waals surface area contributed by atoms with E-state index >= 15 is 0 Å². The number of hydrogen-bond acceptors (Lipinski definition) is 5. The average Bonchev–Trinajstić information content (AvgIpc) is 3.02. The standard InChI is InChI=1S/C18H15FN2O4/c19-13-5-11-8-23-10-25-18(11)12(6-13)9-24-17(22)7-16-14-3-1-2-4-15(14)20-21-16/h1-6H,7-10H2,(H,20,21). The lowest BCUT2D eigenvalue weighted by Crippen LogP contribution is -2.15. The quantitative estimate of drug-likeness (QED) is 0.738. The van der Waals surface area contributed by atoms with Crippen LogP contribution in [0.15, 0.2) is 36.4 Å². The van der Waals surface area contributed by atoms with E-state index in [9.17, 15) is 9.18 Å². The van der Waals surface area contributed by atoms with Crippen molar-refractivity contribution in [1.82, 2.24) is 10.2 Å². The highest BCUT2D eigenvalue weighted by molar-refractivity contribution is 5.85. The smallest absolute Gasteiger partial charge is 0.312 e. The summed E-state index contributed by atoms with van der Waals surface area (Å²) in [4.78, 5) is 12.2. The zero-order valence-electron chi connectivity index (χ0n) is 13.3. The van der Waals surface area contributed by atoms with Crippen molar-refractivity contribution in [3.63, 3.8) is 0 Å². The molecule has 1 aliphatic rings. The second-order valence-corrected chi connectivity index (χ2v) is 5.72. The third kappa shape index (κ3) is 3.18. The maximum absolute atomic E-state index is 13.7. The van der Waals surface area contributed by atoms with Crippen molar-refractivity contribution in [2.45, 2.75) is 19.6 Å². The van der Waals surface area contributed by atoms with Gasteiger partial charge in [-0.3, -0.25) is 9.89 Å². The third-order valence-electron chi connectivity index (χ3n) is 4.00. The van der Waals surface area contributed by atoms with Crippen LogP contribution in [-0.2, 0) is 33.9 Å². The first-order valence-electron chi connectivity index (χ1n) is 7.80. The number of H-pyrrole nitrogens is 1. The summed E-state index contributed by atoms with van der Waals surface area (Å²) in [5, 5.41) is 7.87. The van der Waals surface area contributed by atoms with Crippen LogP contribution in [-0.4, -0.2) is 23.0 Å². The highest BCUT2D eigenvalue weighted by Gasteiger charge is 2.18. The molecule has 0 bridgehead atoms. The Morgan fingerprint density at radius 3 is 3.12 bits per heavy atom. The van der Waals surface area contributed by atoms with Crippen molar-refractivity contribution in [3.8, 4) is 5.75 Å². The molecule has 0 unspecified atom stereocenters. The van der Waals surface area contributed by atoms with Gasteiger partial charge in [0, 0.05) is 16.5 Å². The molecule has 0 atom stereocenters. The Hall–Kier alpha value is -2.93. The van der Waals surface area contributed by atoms with E-state index in [0.29, 0.717) is 22.6 Å². The average molecular weight is 342 g/mol. The highest BCUT2D eigenvalue weighted by Crippen LogP contribution is 2.30. The molecule has 7 heteroatoms. The van der Waals surface area contributed by atoms with Crippen molar-refractivity contribution >= 4 is 16.9 Å². The summed E-state index contributed by atoms with van der Waals surface area (Å²) in [5.41, 5.74) is 2.57. The van der Waals surface area contributed by atoms with Gasteiger partial charge in [-0.1, -0.05) is 18.2 Å². The van der Waals surface area contributed by atoms with E-state index in [1.165, 1.54) is 12.1 Å². The minimum absolute atomic E-state index is 0.0575. The van der Waals surface area contributed by atoms with Crippen LogP contribution in [0, 0.1) is 5.82 Å². The van der Waals surface area contributed by atoms with E-state index < -0.39 is 11.8 Å². The fraction of sp³-hybridized carbons (Fsp3) is 0.222. The van der Waals surface area contributed by atoms with Gasteiger partial charge in [-0.05, 0) is 18.2 Å². The van der Waals surface area contributed by atoms with Crippen LogP contribution < -0.4 is 4.74 Å². The van der Waals surface area contributed by atoms with Crippen molar-refractivity contribution in [3.05, 3.63) is 59.0 Å². The van der Waals surface area contributed by atoms with Crippen LogP contribution in [0.5, 0.6) is 5.75 Å². The van der Waals surface area contributed by atoms with Crippen LogP contribution in [0.25, 0.3) is 10.9 Å². The van der Waals surface area contributed by atoms with E-state index in [2.05, 4.69) is 10.2 Å². The summed E-state index contributed by atoms with van der Waals surface area (Å²) in [7, 11) is 0. The van der Waals surface area contributed by atoms with Gasteiger partial charge in [-0.2, -0.15) is 5.10 Å². The van der Waals surface area contributed by atoms with Crippen molar-refractivity contribution in [2.24, 2.45) is 0 Å². The number of ether oxygens (including phenoxy) is 3. The minimum atomic E-state index is -0.431. The lowest BCUT2D eigenvalue weighted by Gasteiger charge is -2.20. The largest absolute Gasteiger partial charge is 0.467 e. The second kappa shape index (κ2) is 6.52. The van der Waals surface area contributed by atoms with Gasteiger partial charge in [0.05, 0.1) is 24.2 Å². The molecule has 128 valence electrons. The number of carbonyl (C=O) groups is 1. The number of para-hydroxylation sites is 1. The molecule has 6 nitrogen and oxygen atoms in total. The highest BCUT2D eigenvalue weighted by atomic mass is 19.1. The van der Waals surface area contributed by atoms with Crippen LogP contribution in [0.1, 0.15) is 16.8 Å². The summed E-state index contributed by atoms with van der Waals surface area (Å²) < 4.78 is 29.5. The Labute approximate surface area is 142 Å². The zero-order valence-corrected chi connectivity index (χ0v) is 13.3. The van der Waals surface area contributed by atoms with Gasteiger partial charge >= 0.3 is 5.97 Å². The van der Waals surface area contributed by atoms with Gasteiger partial charge in [0.15, 0.2) is 6.79 Å². The van der Waals surface area contributed by atoms with E-state index in [1.54, 1.807) is 0 Å². The van der Waals surface area contributed by atoms with E-state index in [4.69, 9.17) is 14.2 Å². The Morgan fingerprint density at radius 2 is 2.20 bits per heavy atom. The van der Waals surface area contributed by atoms with Gasteiger partial charge in [0.1, 0.15) is 18.2 Å². The molecule has 1 aromatic heterocycles. The van der Waals surface area contributed by atoms with E-state index in [1.807, 2.05) is 24.3 Å². The number of aromatic nitrogens is 2. The first kappa shape index (κ1) is 15.6. The molecule has 1 N–H and O–H groups in total. The maximum Gasteiger partial charge on any atom is 0.312 e. The molecule has 2 heterocycles. The van der Waals surface area contributed by atoms with Gasteiger partial charge < -0.3 is 14.2 Å². The molecule has 0 saturated carbocycles. The van der Waals surface area contributed by atoms with Crippen molar-refractivity contribution < 1.29 is 23.4 Å². The minimum Gasteiger partial charge on any atom is -0.467 e. The zero-order chi connectivity index (χ0) is 17.2. The predicted octanol–water partition coefficient (Wildman–Crippen LogP) is 2.85. The summed E-state index contributed by atoms with van der Waals surface area (Å²) in [6, 6.07) is 10.2. The van der Waals surface area contributed by atoms with Gasteiger partial charge in [-0.25, -0.2) is 4.39 Å². The summed E-state index contributed by atoms with van der Waals surface area (Å²) in [6.07, 6.45) is 0.0575. The maximum atomic E-state index is 13.7. The van der Waals surface area contributed by atoms with Crippen LogP contribution >= 0.6 is 0 Å². The number of halogens is 1. The molecule has 4 rings (SSSR count). The number of aromatic amines is 1. The molecular formula is C18H15FN2O4. The number of nitrogens with zero attached hydrogens (tertiary/aromatic N) is 1. The lowest BCUT2D eigenvalue weighted by molar-refractivity contribution is -0.144. The summed E-state index contributed by atoms with van der Waals surface area (Å²) in [5.74, 6) is -0.328. The molecule has 2 aromatic carbocycles. The number of benzene rings is 2. The van der Waals surface area contributed by atoms with Crippen LogP contribution in [0.4, 0.5) is 4.39 Å². The summed E-state index contributed by atoms with van der Waals surface area (Å²) >= 11 is 0. The number of rotatable bonds is 4. The van der Waals surface area contributed by atoms with Crippen molar-refractivity contribution in [1.29, 1.82) is 0 Å². The Kier molecular flexibility index (Phi) is 4.07. The fourth-order valence-electron chi connectivity index (χ4n) is 2.87. The molecule has 0 fully saturated rings. The Bertz CT molecular complexity index is 938. The topological polar surface area (TPSA) is 73.4 Å². The monoisotopic (exact) mass is 342 g/mol. The normalized spacial score (nSPS) is 13.3. The van der Waals surface area contributed by atoms with E-state index in [0.717, 1.165) is 10.9 Å². The number of fused-ring (bicyclic) bond motifs is 2. The number of esters is 1.